The van der Waals surface area contributed by atoms with Gasteiger partial charge in [0.1, 0.15) is 9.75 Å². The van der Waals surface area contributed by atoms with Gasteiger partial charge >= 0.3 is 11.4 Å². The molecule has 2 bridgehead atoms. The number of halogens is 6. The third kappa shape index (κ3) is 2.95. The maximum absolute atomic E-state index is 11.3. The van der Waals surface area contributed by atoms with E-state index in [4.69, 9.17) is 82.7 Å². The quantitative estimate of drug-likeness (QED) is 0.536. The fraction of sp³-hybridized carbons (Fsp3) is 0.846. The van der Waals surface area contributed by atoms with E-state index in [0.717, 1.165) is 13.2 Å². The number of alkyl halides is 4. The van der Waals surface area contributed by atoms with Gasteiger partial charge in [-0.1, -0.05) is 46.4 Å². The molecule has 11 heteroatoms. The minimum atomic E-state index is -1.86. The van der Waals surface area contributed by atoms with Crippen LogP contribution in [-0.4, -0.2) is 44.7 Å². The van der Waals surface area contributed by atoms with Gasteiger partial charge in [-0.15, -0.1) is 23.2 Å². The van der Waals surface area contributed by atoms with E-state index in [0.29, 0.717) is 0 Å². The fourth-order valence-corrected chi connectivity index (χ4v) is 6.80. The molecule has 4 nitrogen and oxygen atoms in total. The summed E-state index contributed by atoms with van der Waals surface area (Å²) < 4.78 is 24.6. The Hall–Kier alpha value is 1.51. The van der Waals surface area contributed by atoms with E-state index in [-0.39, 0.29) is 23.3 Å². The smallest absolute Gasteiger partial charge is 0.304 e. The lowest BCUT2D eigenvalue weighted by Crippen LogP contribution is -2.45. The molecular formula is C13H16Cl6O4S. The van der Waals surface area contributed by atoms with Gasteiger partial charge < -0.3 is 4.74 Å². The molecule has 1 saturated heterocycles. The zero-order valence-corrected chi connectivity index (χ0v) is 18.1. The second-order valence-corrected chi connectivity index (χ2v) is 9.55. The predicted molar refractivity (Wildman–Crippen MR) is 99.5 cm³/mol. The molecule has 0 N–H and O–H groups in total. The number of hydrogen-bond acceptors (Lipinski definition) is 4. The van der Waals surface area contributed by atoms with E-state index in [9.17, 15) is 4.21 Å². The van der Waals surface area contributed by atoms with Crippen molar-refractivity contribution in [1.29, 1.82) is 0 Å². The van der Waals surface area contributed by atoms with E-state index in [1.54, 1.807) is 0 Å². The van der Waals surface area contributed by atoms with Gasteiger partial charge in [0, 0.05) is 25.0 Å². The van der Waals surface area contributed by atoms with Crippen LogP contribution in [-0.2, 0) is 24.5 Å². The Kier molecular flexibility index (Phi) is 7.14. The number of hydrogen-bond donors (Lipinski definition) is 0. The largest absolute Gasteiger partial charge is 0.382 e. The third-order valence-electron chi connectivity index (χ3n) is 4.35. The van der Waals surface area contributed by atoms with E-state index in [2.05, 4.69) is 0 Å². The molecule has 0 aromatic carbocycles. The molecule has 1 saturated carbocycles. The van der Waals surface area contributed by atoms with Crippen LogP contribution in [0.1, 0.15) is 13.8 Å². The summed E-state index contributed by atoms with van der Waals surface area (Å²) in [6.07, 6.45) is 0. The number of fused-ring (bicyclic) bond motifs is 5. The van der Waals surface area contributed by atoms with E-state index >= 15 is 0 Å². The molecule has 3 rings (SSSR count). The van der Waals surface area contributed by atoms with Crippen molar-refractivity contribution >= 4 is 81.0 Å². The van der Waals surface area contributed by atoms with Crippen LogP contribution < -0.4 is 0 Å². The first-order valence-electron chi connectivity index (χ1n) is 7.18. The molecule has 1 heterocycles. The number of allylic oxidation sites excluding steroid dienone is 2. The van der Waals surface area contributed by atoms with Crippen LogP contribution in [0, 0.1) is 11.8 Å². The summed E-state index contributed by atoms with van der Waals surface area (Å²) in [5.41, 5.74) is 0. The van der Waals surface area contributed by atoms with Gasteiger partial charge in [-0.25, -0.2) is 0 Å². The molecule has 0 radical (unpaired) electrons. The van der Waals surface area contributed by atoms with Crippen LogP contribution in [0.25, 0.3) is 0 Å². The first-order valence-corrected chi connectivity index (χ1v) is 10.4. The zero-order chi connectivity index (χ0) is 18.3. The Morgan fingerprint density at radius 3 is 1.67 bits per heavy atom. The standard InChI is InChI=1S/C9H6Cl6O3S.C4H10O/c10-5-6(11)8(13)4-2-18-19(16)17-1-3(4)7(5,12)9(8,14)15;1-3-5-4-2/h3-4H,1-2H2;3-4H2,1-2H3. The molecule has 0 spiro atoms. The minimum absolute atomic E-state index is 0.0107. The Balaban J connectivity index is 0.000000368. The summed E-state index contributed by atoms with van der Waals surface area (Å²) in [5, 5.41) is 0.210. The van der Waals surface area contributed by atoms with Crippen molar-refractivity contribution in [2.45, 2.75) is 27.9 Å². The predicted octanol–water partition coefficient (Wildman–Crippen LogP) is 4.73. The molecule has 0 aromatic heterocycles. The summed E-state index contributed by atoms with van der Waals surface area (Å²) in [6, 6.07) is 0. The average Bonchev–Trinajstić information content (AvgIpc) is 2.71. The lowest BCUT2D eigenvalue weighted by atomic mass is 9.83. The molecule has 0 aromatic rings. The summed E-state index contributed by atoms with van der Waals surface area (Å²) in [7, 11) is 0. The molecule has 2 aliphatic carbocycles. The van der Waals surface area contributed by atoms with Gasteiger partial charge in [0.25, 0.3) is 0 Å². The van der Waals surface area contributed by atoms with Crippen LogP contribution in [0.4, 0.5) is 0 Å². The van der Waals surface area contributed by atoms with Gasteiger partial charge in [-0.3, -0.25) is 8.37 Å². The zero-order valence-electron chi connectivity index (χ0n) is 12.8. The molecule has 2 fully saturated rings. The molecule has 24 heavy (non-hydrogen) atoms. The maximum Gasteiger partial charge on any atom is 0.304 e. The van der Waals surface area contributed by atoms with Crippen molar-refractivity contribution in [3.8, 4) is 0 Å². The maximum atomic E-state index is 11.3. The summed E-state index contributed by atoms with van der Waals surface area (Å²) >= 11 is 36.4. The highest BCUT2D eigenvalue weighted by atomic mass is 35.5. The van der Waals surface area contributed by atoms with E-state index < -0.39 is 37.3 Å². The fourth-order valence-electron chi connectivity index (χ4n) is 3.16. The van der Waals surface area contributed by atoms with Crippen molar-refractivity contribution in [3.05, 3.63) is 10.1 Å². The van der Waals surface area contributed by atoms with E-state index in [1.807, 2.05) is 13.8 Å². The highest BCUT2D eigenvalue weighted by Crippen LogP contribution is 2.76. The topological polar surface area (TPSA) is 44.8 Å². The van der Waals surface area contributed by atoms with Crippen molar-refractivity contribution < 1.29 is 17.3 Å². The van der Waals surface area contributed by atoms with Crippen molar-refractivity contribution in [2.75, 3.05) is 26.4 Å². The minimum Gasteiger partial charge on any atom is -0.382 e. The molecule has 3 aliphatic rings. The summed E-state index contributed by atoms with van der Waals surface area (Å²) in [5.74, 6) is -0.911. The van der Waals surface area contributed by atoms with Crippen molar-refractivity contribution in [2.24, 2.45) is 11.8 Å². The Morgan fingerprint density at radius 1 is 1.00 bits per heavy atom. The Morgan fingerprint density at radius 2 is 1.38 bits per heavy atom. The van der Waals surface area contributed by atoms with Gasteiger partial charge in [-0.05, 0) is 13.8 Å². The monoisotopic (exact) mass is 478 g/mol. The first kappa shape index (κ1) is 21.8. The second-order valence-electron chi connectivity index (χ2n) is 5.39. The highest BCUT2D eigenvalue weighted by Gasteiger charge is 2.82. The third-order valence-corrected chi connectivity index (χ3v) is 9.36. The SMILES string of the molecule is CCOCC.O=S1OCC2C(CO1)C1(Cl)C(Cl)=C(Cl)C2(Cl)C1(Cl)Cl. The highest BCUT2D eigenvalue weighted by molar-refractivity contribution is 7.75. The summed E-state index contributed by atoms with van der Waals surface area (Å²) in [6.45, 7) is 5.69. The summed E-state index contributed by atoms with van der Waals surface area (Å²) in [4.78, 5) is -2.78. The average molecular weight is 481 g/mol. The molecule has 0 amide bonds. The molecule has 1 aliphatic heterocycles. The Labute approximate surface area is 173 Å². The van der Waals surface area contributed by atoms with Crippen LogP contribution >= 0.6 is 69.6 Å². The van der Waals surface area contributed by atoms with Crippen LogP contribution in [0.3, 0.4) is 0 Å². The Bertz CT molecular complexity index is 517. The van der Waals surface area contributed by atoms with Gasteiger partial charge in [0.05, 0.1) is 23.3 Å². The van der Waals surface area contributed by atoms with Crippen LogP contribution in [0.15, 0.2) is 10.1 Å². The number of ether oxygens (including phenoxy) is 1. The molecule has 4 unspecified atom stereocenters. The van der Waals surface area contributed by atoms with Gasteiger partial charge in [-0.2, -0.15) is 4.21 Å². The molecular weight excluding hydrogens is 465 g/mol. The second kappa shape index (κ2) is 7.86. The number of rotatable bonds is 2. The van der Waals surface area contributed by atoms with Crippen LogP contribution in [0.5, 0.6) is 0 Å². The lowest BCUT2D eigenvalue weighted by Gasteiger charge is -2.33. The molecule has 140 valence electrons. The normalized spacial score (nSPS) is 43.1. The van der Waals surface area contributed by atoms with Crippen molar-refractivity contribution in [1.82, 2.24) is 0 Å². The van der Waals surface area contributed by atoms with Gasteiger partial charge in [0.2, 0.25) is 0 Å². The van der Waals surface area contributed by atoms with Crippen LogP contribution in [0.2, 0.25) is 0 Å². The molecule has 4 atom stereocenters. The lowest BCUT2D eigenvalue weighted by molar-refractivity contribution is 0.162. The first-order chi connectivity index (χ1) is 11.1. The van der Waals surface area contributed by atoms with Gasteiger partial charge in [0.15, 0.2) is 4.33 Å². The van der Waals surface area contributed by atoms with Crippen molar-refractivity contribution in [3.63, 3.8) is 0 Å². The van der Waals surface area contributed by atoms with E-state index in [1.165, 1.54) is 0 Å².